The Bertz CT molecular complexity index is 712. The van der Waals surface area contributed by atoms with Crippen molar-refractivity contribution >= 4 is 10.0 Å². The van der Waals surface area contributed by atoms with E-state index in [2.05, 4.69) is 4.72 Å². The normalized spacial score (nSPS) is 11.4. The average molecular weight is 319 g/mol. The quantitative estimate of drug-likeness (QED) is 0.853. The number of aryl methyl sites for hydroxylation is 1. The van der Waals surface area contributed by atoms with Gasteiger partial charge in [0.25, 0.3) is 0 Å². The monoisotopic (exact) mass is 319 g/mol. The molecule has 0 atom stereocenters. The van der Waals surface area contributed by atoms with Crippen molar-refractivity contribution in [2.45, 2.75) is 19.1 Å². The highest BCUT2D eigenvalue weighted by Crippen LogP contribution is 2.18. The summed E-state index contributed by atoms with van der Waals surface area (Å²) in [6.45, 7) is 2.36. The lowest BCUT2D eigenvalue weighted by Gasteiger charge is -2.09. The van der Waals surface area contributed by atoms with Gasteiger partial charge in [-0.05, 0) is 36.1 Å². The second-order valence-electron chi connectivity index (χ2n) is 5.19. The van der Waals surface area contributed by atoms with E-state index in [0.717, 1.165) is 22.4 Å². The maximum atomic E-state index is 12.0. The SMILES string of the molecule is COc1ccc(CCNS(=O)(=O)Cc2ccccc2)cc1C. The molecule has 0 saturated carbocycles. The fraction of sp³-hybridized carbons (Fsp3) is 0.294. The molecule has 0 saturated heterocycles. The minimum absolute atomic E-state index is 0.00941. The van der Waals surface area contributed by atoms with E-state index in [-0.39, 0.29) is 5.75 Å². The molecule has 1 N–H and O–H groups in total. The van der Waals surface area contributed by atoms with Crippen LogP contribution in [0.3, 0.4) is 0 Å². The highest BCUT2D eigenvalue weighted by Gasteiger charge is 2.10. The van der Waals surface area contributed by atoms with E-state index >= 15 is 0 Å². The standard InChI is InChI=1S/C17H21NO3S/c1-14-12-15(8-9-17(14)21-2)10-11-18-22(19,20)13-16-6-4-3-5-7-16/h3-9,12,18H,10-11,13H2,1-2H3. The van der Waals surface area contributed by atoms with Crippen LogP contribution in [-0.2, 0) is 22.2 Å². The molecule has 5 heteroatoms. The fourth-order valence-corrected chi connectivity index (χ4v) is 3.44. The number of sulfonamides is 1. The van der Waals surface area contributed by atoms with Crippen molar-refractivity contribution in [2.24, 2.45) is 0 Å². The third kappa shape index (κ3) is 4.86. The summed E-state index contributed by atoms with van der Waals surface area (Å²) in [4.78, 5) is 0. The number of hydrogen-bond acceptors (Lipinski definition) is 3. The van der Waals surface area contributed by atoms with Gasteiger partial charge in [-0.15, -0.1) is 0 Å². The van der Waals surface area contributed by atoms with Crippen LogP contribution >= 0.6 is 0 Å². The molecule has 0 aromatic heterocycles. The number of hydrogen-bond donors (Lipinski definition) is 1. The van der Waals surface area contributed by atoms with Gasteiger partial charge in [-0.1, -0.05) is 42.5 Å². The van der Waals surface area contributed by atoms with Crippen molar-refractivity contribution < 1.29 is 13.2 Å². The van der Waals surface area contributed by atoms with E-state index < -0.39 is 10.0 Å². The molecule has 118 valence electrons. The zero-order valence-corrected chi connectivity index (χ0v) is 13.7. The van der Waals surface area contributed by atoms with Crippen LogP contribution in [0.15, 0.2) is 48.5 Å². The summed E-state index contributed by atoms with van der Waals surface area (Å²) >= 11 is 0. The van der Waals surface area contributed by atoms with Crippen molar-refractivity contribution in [3.05, 3.63) is 65.2 Å². The van der Waals surface area contributed by atoms with E-state index in [1.807, 2.05) is 55.5 Å². The van der Waals surface area contributed by atoms with Crippen LogP contribution in [0.25, 0.3) is 0 Å². The smallest absolute Gasteiger partial charge is 0.215 e. The van der Waals surface area contributed by atoms with Crippen molar-refractivity contribution in [3.63, 3.8) is 0 Å². The first-order valence-electron chi connectivity index (χ1n) is 7.15. The maximum Gasteiger partial charge on any atom is 0.215 e. The Labute approximate surface area is 132 Å². The van der Waals surface area contributed by atoms with Gasteiger partial charge >= 0.3 is 0 Å². The van der Waals surface area contributed by atoms with Crippen molar-refractivity contribution in [3.8, 4) is 5.75 Å². The van der Waals surface area contributed by atoms with Crippen LogP contribution in [0.5, 0.6) is 5.75 Å². The number of methoxy groups -OCH3 is 1. The molecule has 0 aliphatic heterocycles. The van der Waals surface area contributed by atoms with Gasteiger partial charge in [0.15, 0.2) is 0 Å². The second kappa shape index (κ2) is 7.42. The molecule has 2 aromatic carbocycles. The molecule has 2 aromatic rings. The molecule has 4 nitrogen and oxygen atoms in total. The lowest BCUT2D eigenvalue weighted by Crippen LogP contribution is -2.27. The molecular formula is C17H21NO3S. The number of ether oxygens (including phenoxy) is 1. The Morgan fingerprint density at radius 1 is 1.05 bits per heavy atom. The number of rotatable bonds is 7. The average Bonchev–Trinajstić information content (AvgIpc) is 2.48. The van der Waals surface area contributed by atoms with E-state index in [4.69, 9.17) is 4.74 Å². The minimum atomic E-state index is -3.30. The summed E-state index contributed by atoms with van der Waals surface area (Å²) in [5, 5.41) is 0. The van der Waals surface area contributed by atoms with E-state index in [1.165, 1.54) is 0 Å². The molecule has 0 amide bonds. The largest absolute Gasteiger partial charge is 0.496 e. The molecule has 2 rings (SSSR count). The summed E-state index contributed by atoms with van der Waals surface area (Å²) in [7, 11) is -1.66. The Hall–Kier alpha value is -1.85. The van der Waals surface area contributed by atoms with Crippen molar-refractivity contribution in [1.29, 1.82) is 0 Å². The highest BCUT2D eigenvalue weighted by atomic mass is 32.2. The third-order valence-corrected chi connectivity index (χ3v) is 4.75. The fourth-order valence-electron chi connectivity index (χ4n) is 2.29. The van der Waals surface area contributed by atoms with Gasteiger partial charge in [0.05, 0.1) is 12.9 Å². The summed E-state index contributed by atoms with van der Waals surface area (Å²) in [5.74, 6) is 0.851. The molecule has 0 aliphatic carbocycles. The van der Waals surface area contributed by atoms with Crippen LogP contribution in [0, 0.1) is 6.92 Å². The van der Waals surface area contributed by atoms with Gasteiger partial charge in [0.2, 0.25) is 10.0 Å². The molecule has 0 radical (unpaired) electrons. The summed E-state index contributed by atoms with van der Waals surface area (Å²) in [6, 6.07) is 15.1. The van der Waals surface area contributed by atoms with E-state index in [1.54, 1.807) is 7.11 Å². The zero-order chi connectivity index (χ0) is 16.0. The van der Waals surface area contributed by atoms with Gasteiger partial charge < -0.3 is 4.74 Å². The molecule has 0 aliphatic rings. The van der Waals surface area contributed by atoms with Gasteiger partial charge in [-0.2, -0.15) is 0 Å². The molecule has 0 fully saturated rings. The number of benzene rings is 2. The topological polar surface area (TPSA) is 55.4 Å². The third-order valence-electron chi connectivity index (χ3n) is 3.39. The lowest BCUT2D eigenvalue weighted by molar-refractivity contribution is 0.411. The Kier molecular flexibility index (Phi) is 5.57. The molecular weight excluding hydrogens is 298 g/mol. The van der Waals surface area contributed by atoms with Gasteiger partial charge in [-0.25, -0.2) is 13.1 Å². The van der Waals surface area contributed by atoms with Crippen molar-refractivity contribution in [1.82, 2.24) is 4.72 Å². The maximum absolute atomic E-state index is 12.0. The van der Waals surface area contributed by atoms with Gasteiger partial charge in [-0.3, -0.25) is 0 Å². The van der Waals surface area contributed by atoms with Gasteiger partial charge in [0, 0.05) is 6.54 Å². The highest BCUT2D eigenvalue weighted by molar-refractivity contribution is 7.88. The minimum Gasteiger partial charge on any atom is -0.496 e. The number of nitrogens with one attached hydrogen (secondary N) is 1. The molecule has 0 unspecified atom stereocenters. The van der Waals surface area contributed by atoms with Gasteiger partial charge in [0.1, 0.15) is 5.75 Å². The first-order chi connectivity index (χ1) is 10.5. The molecule has 0 heterocycles. The van der Waals surface area contributed by atoms with E-state index in [9.17, 15) is 8.42 Å². The first kappa shape index (κ1) is 16.5. The first-order valence-corrected chi connectivity index (χ1v) is 8.80. The summed E-state index contributed by atoms with van der Waals surface area (Å²) < 4.78 is 31.9. The Balaban J connectivity index is 1.89. The molecule has 0 spiro atoms. The van der Waals surface area contributed by atoms with Crippen LogP contribution in [0.2, 0.25) is 0 Å². The second-order valence-corrected chi connectivity index (χ2v) is 7.00. The Morgan fingerprint density at radius 3 is 2.41 bits per heavy atom. The zero-order valence-electron chi connectivity index (χ0n) is 12.9. The predicted molar refractivity (Wildman–Crippen MR) is 88.5 cm³/mol. The lowest BCUT2D eigenvalue weighted by atomic mass is 10.1. The summed E-state index contributed by atoms with van der Waals surface area (Å²) in [6.07, 6.45) is 0.652. The molecule has 0 bridgehead atoms. The van der Waals surface area contributed by atoms with Crippen LogP contribution < -0.4 is 9.46 Å². The molecule has 22 heavy (non-hydrogen) atoms. The van der Waals surface area contributed by atoms with Crippen molar-refractivity contribution in [2.75, 3.05) is 13.7 Å². The van der Waals surface area contributed by atoms with E-state index in [0.29, 0.717) is 13.0 Å². The predicted octanol–water partition coefficient (Wildman–Crippen LogP) is 2.67. The van der Waals surface area contributed by atoms with Crippen LogP contribution in [-0.4, -0.2) is 22.1 Å². The van der Waals surface area contributed by atoms with Crippen LogP contribution in [0.1, 0.15) is 16.7 Å². The summed E-state index contributed by atoms with van der Waals surface area (Å²) in [5.41, 5.74) is 2.92. The Morgan fingerprint density at radius 2 is 1.77 bits per heavy atom. The van der Waals surface area contributed by atoms with Crippen LogP contribution in [0.4, 0.5) is 0 Å².